The van der Waals surface area contributed by atoms with Gasteiger partial charge in [0, 0.05) is 37.6 Å². The third-order valence-corrected chi connectivity index (χ3v) is 6.01. The monoisotopic (exact) mass is 345 g/mol. The minimum atomic E-state index is -3.53. The number of hydrogen-bond acceptors (Lipinski definition) is 4. The molecule has 5 nitrogen and oxygen atoms in total. The van der Waals surface area contributed by atoms with Crippen LogP contribution >= 0.6 is 0 Å². The third-order valence-electron chi connectivity index (χ3n) is 4.63. The van der Waals surface area contributed by atoms with Gasteiger partial charge in [-0.1, -0.05) is 24.3 Å². The molecule has 0 aliphatic carbocycles. The average Bonchev–Trinajstić information content (AvgIpc) is 2.60. The van der Waals surface area contributed by atoms with Gasteiger partial charge in [-0.05, 0) is 43.5 Å². The smallest absolute Gasteiger partial charge is 0.242 e. The van der Waals surface area contributed by atoms with Gasteiger partial charge in [0.05, 0.1) is 0 Å². The molecule has 0 saturated carbocycles. The minimum Gasteiger partial charge on any atom is -0.292 e. The average molecular weight is 345 g/mol. The van der Waals surface area contributed by atoms with Crippen molar-refractivity contribution in [3.63, 3.8) is 0 Å². The Balaban J connectivity index is 1.69. The standard InChI is InChI=1S/C18H23N3O2S/c1-18(2,14-20-24(22,23)17-8-5-10-19-12-17)21-11-9-15-6-3-4-7-16(15)13-21/h3-8,10,12,20H,9,11,13-14H2,1-2H3. The van der Waals surface area contributed by atoms with Crippen molar-refractivity contribution in [3.8, 4) is 0 Å². The van der Waals surface area contributed by atoms with Gasteiger partial charge in [0.25, 0.3) is 0 Å². The summed E-state index contributed by atoms with van der Waals surface area (Å²) in [4.78, 5) is 6.41. The summed E-state index contributed by atoms with van der Waals surface area (Å²) in [6.07, 6.45) is 3.93. The number of hydrogen-bond donors (Lipinski definition) is 1. The Kier molecular flexibility index (Phi) is 4.71. The molecule has 0 radical (unpaired) electrons. The quantitative estimate of drug-likeness (QED) is 0.902. The maximum absolute atomic E-state index is 12.4. The molecular weight excluding hydrogens is 322 g/mol. The fourth-order valence-corrected chi connectivity index (χ4v) is 4.15. The van der Waals surface area contributed by atoms with Crippen LogP contribution < -0.4 is 4.72 Å². The second-order valence-electron chi connectivity index (χ2n) is 6.77. The van der Waals surface area contributed by atoms with Crippen molar-refractivity contribution in [1.29, 1.82) is 0 Å². The summed E-state index contributed by atoms with van der Waals surface area (Å²) in [5, 5.41) is 0. The first-order valence-corrected chi connectivity index (χ1v) is 9.58. The van der Waals surface area contributed by atoms with Crippen molar-refractivity contribution >= 4 is 10.0 Å². The molecule has 1 aliphatic rings. The molecule has 0 saturated heterocycles. The lowest BCUT2D eigenvalue weighted by Gasteiger charge is -2.41. The second-order valence-corrected chi connectivity index (χ2v) is 8.53. The first-order chi connectivity index (χ1) is 11.4. The van der Waals surface area contributed by atoms with Gasteiger partial charge >= 0.3 is 0 Å². The van der Waals surface area contributed by atoms with E-state index in [9.17, 15) is 8.42 Å². The molecule has 0 unspecified atom stereocenters. The zero-order valence-corrected chi connectivity index (χ0v) is 14.9. The highest BCUT2D eigenvalue weighted by molar-refractivity contribution is 7.89. The molecule has 1 N–H and O–H groups in total. The zero-order chi connectivity index (χ0) is 17.2. The predicted octanol–water partition coefficient (Wildman–Crippen LogP) is 2.20. The molecule has 0 amide bonds. The van der Waals surface area contributed by atoms with Gasteiger partial charge in [-0.3, -0.25) is 9.88 Å². The Morgan fingerprint density at radius 2 is 1.92 bits per heavy atom. The Bertz CT molecular complexity index is 804. The number of nitrogens with zero attached hydrogens (tertiary/aromatic N) is 2. The fraction of sp³-hybridized carbons (Fsp3) is 0.389. The van der Waals surface area contributed by atoms with Gasteiger partial charge in [-0.2, -0.15) is 0 Å². The molecule has 6 heteroatoms. The van der Waals surface area contributed by atoms with E-state index in [1.807, 2.05) is 0 Å². The first-order valence-electron chi connectivity index (χ1n) is 8.10. The Hall–Kier alpha value is -1.76. The maximum atomic E-state index is 12.4. The Morgan fingerprint density at radius 3 is 2.62 bits per heavy atom. The second kappa shape index (κ2) is 6.63. The van der Waals surface area contributed by atoms with Crippen LogP contribution in [0.4, 0.5) is 0 Å². The molecule has 1 aromatic heterocycles. The van der Waals surface area contributed by atoms with Crippen molar-refractivity contribution in [1.82, 2.24) is 14.6 Å². The van der Waals surface area contributed by atoms with Crippen LogP contribution in [0.2, 0.25) is 0 Å². The number of benzene rings is 1. The summed E-state index contributed by atoms with van der Waals surface area (Å²) in [6, 6.07) is 11.6. The van der Waals surface area contributed by atoms with Gasteiger partial charge in [0.2, 0.25) is 10.0 Å². The molecule has 3 rings (SSSR count). The van der Waals surface area contributed by atoms with Crippen molar-refractivity contribution in [3.05, 3.63) is 59.9 Å². The maximum Gasteiger partial charge on any atom is 0.242 e. The molecule has 0 bridgehead atoms. The van der Waals surface area contributed by atoms with Crippen molar-refractivity contribution in [2.24, 2.45) is 0 Å². The van der Waals surface area contributed by atoms with E-state index in [0.29, 0.717) is 6.54 Å². The van der Waals surface area contributed by atoms with Crippen LogP contribution in [0.3, 0.4) is 0 Å². The Labute approximate surface area is 143 Å². The lowest BCUT2D eigenvalue weighted by atomic mass is 9.94. The normalized spacial score (nSPS) is 15.9. The van der Waals surface area contributed by atoms with Crippen LogP contribution in [0.1, 0.15) is 25.0 Å². The van der Waals surface area contributed by atoms with E-state index in [4.69, 9.17) is 0 Å². The number of rotatable bonds is 5. The van der Waals surface area contributed by atoms with E-state index in [1.165, 1.54) is 17.3 Å². The molecular formula is C18H23N3O2S. The fourth-order valence-electron chi connectivity index (χ4n) is 2.99. The van der Waals surface area contributed by atoms with E-state index in [1.54, 1.807) is 18.3 Å². The van der Waals surface area contributed by atoms with E-state index in [0.717, 1.165) is 19.5 Å². The number of nitrogens with one attached hydrogen (secondary N) is 1. The molecule has 2 heterocycles. The molecule has 0 atom stereocenters. The van der Waals surface area contributed by atoms with E-state index < -0.39 is 10.0 Å². The number of fused-ring (bicyclic) bond motifs is 1. The highest BCUT2D eigenvalue weighted by Crippen LogP contribution is 2.25. The van der Waals surface area contributed by atoms with Crippen LogP contribution in [-0.4, -0.2) is 36.9 Å². The van der Waals surface area contributed by atoms with Gasteiger partial charge in [0.15, 0.2) is 0 Å². The van der Waals surface area contributed by atoms with Gasteiger partial charge in [0.1, 0.15) is 4.90 Å². The summed E-state index contributed by atoms with van der Waals surface area (Å²) in [5.41, 5.74) is 2.44. The highest BCUT2D eigenvalue weighted by Gasteiger charge is 2.31. The van der Waals surface area contributed by atoms with Crippen LogP contribution in [0, 0.1) is 0 Å². The summed E-state index contributed by atoms with van der Waals surface area (Å²) in [7, 11) is -3.53. The zero-order valence-electron chi connectivity index (χ0n) is 14.1. The SMILES string of the molecule is CC(C)(CNS(=O)(=O)c1cccnc1)N1CCc2ccccc2C1. The Morgan fingerprint density at radius 1 is 1.17 bits per heavy atom. The van der Waals surface area contributed by atoms with E-state index in [-0.39, 0.29) is 10.4 Å². The molecule has 0 spiro atoms. The topological polar surface area (TPSA) is 62.3 Å². The molecule has 1 aliphatic heterocycles. The largest absolute Gasteiger partial charge is 0.292 e. The van der Waals surface area contributed by atoms with Crippen LogP contribution in [0.15, 0.2) is 53.7 Å². The van der Waals surface area contributed by atoms with Crippen molar-refractivity contribution in [2.45, 2.75) is 37.2 Å². The van der Waals surface area contributed by atoms with Crippen LogP contribution in [0.25, 0.3) is 0 Å². The summed E-state index contributed by atoms with van der Waals surface area (Å²) >= 11 is 0. The van der Waals surface area contributed by atoms with Crippen molar-refractivity contribution in [2.75, 3.05) is 13.1 Å². The van der Waals surface area contributed by atoms with E-state index in [2.05, 4.69) is 52.7 Å². The molecule has 2 aromatic rings. The van der Waals surface area contributed by atoms with Crippen LogP contribution in [0.5, 0.6) is 0 Å². The van der Waals surface area contributed by atoms with Gasteiger partial charge < -0.3 is 0 Å². The molecule has 24 heavy (non-hydrogen) atoms. The minimum absolute atomic E-state index is 0.199. The first kappa shape index (κ1) is 17.1. The number of pyridine rings is 1. The van der Waals surface area contributed by atoms with E-state index >= 15 is 0 Å². The highest BCUT2D eigenvalue weighted by atomic mass is 32.2. The molecule has 0 fully saturated rings. The lowest BCUT2D eigenvalue weighted by Crippen LogP contribution is -2.53. The van der Waals surface area contributed by atoms with Crippen LogP contribution in [-0.2, 0) is 23.0 Å². The molecule has 128 valence electrons. The number of sulfonamides is 1. The third kappa shape index (κ3) is 3.66. The van der Waals surface area contributed by atoms with Gasteiger partial charge in [-0.15, -0.1) is 0 Å². The van der Waals surface area contributed by atoms with Gasteiger partial charge in [-0.25, -0.2) is 13.1 Å². The number of aromatic nitrogens is 1. The molecule has 1 aromatic carbocycles. The van der Waals surface area contributed by atoms with Crippen molar-refractivity contribution < 1.29 is 8.42 Å². The summed E-state index contributed by atoms with van der Waals surface area (Å²) in [6.45, 7) is 6.28. The predicted molar refractivity (Wildman–Crippen MR) is 94.1 cm³/mol. The summed E-state index contributed by atoms with van der Waals surface area (Å²) in [5.74, 6) is 0. The summed E-state index contributed by atoms with van der Waals surface area (Å²) < 4.78 is 27.5. The lowest BCUT2D eigenvalue weighted by molar-refractivity contribution is 0.108.